The average molecular weight is 338 g/mol. The van der Waals surface area contributed by atoms with Crippen LogP contribution in [0.5, 0.6) is 0 Å². The third-order valence-corrected chi connectivity index (χ3v) is 5.31. The lowest BCUT2D eigenvalue weighted by Gasteiger charge is -2.42. The van der Waals surface area contributed by atoms with Gasteiger partial charge < -0.3 is 10.1 Å². The van der Waals surface area contributed by atoms with Gasteiger partial charge in [0.25, 0.3) is 0 Å². The number of anilines is 2. The molecule has 0 saturated heterocycles. The number of hydrogen-bond acceptors (Lipinski definition) is 4. The molecule has 0 amide bonds. The monoisotopic (exact) mass is 338 g/mol. The van der Waals surface area contributed by atoms with Crippen LogP contribution in [0.2, 0.25) is 0 Å². The molecule has 1 aromatic carbocycles. The summed E-state index contributed by atoms with van der Waals surface area (Å²) in [6.45, 7) is 9.27. The van der Waals surface area contributed by atoms with Crippen molar-refractivity contribution in [3.63, 3.8) is 0 Å². The molecule has 0 spiro atoms. The molecule has 25 heavy (non-hydrogen) atoms. The smallest absolute Gasteiger partial charge is 0.339 e. The molecule has 1 aliphatic rings. The number of esters is 1. The molecule has 0 saturated carbocycles. The summed E-state index contributed by atoms with van der Waals surface area (Å²) in [5.41, 5.74) is 4.68. The minimum absolute atomic E-state index is 0.171. The molecule has 1 aliphatic carbocycles. The van der Waals surface area contributed by atoms with Gasteiger partial charge in [-0.2, -0.15) is 0 Å². The first-order valence-corrected chi connectivity index (χ1v) is 8.69. The van der Waals surface area contributed by atoms with Gasteiger partial charge in [-0.3, -0.25) is 0 Å². The predicted molar refractivity (Wildman–Crippen MR) is 101 cm³/mol. The van der Waals surface area contributed by atoms with Crippen molar-refractivity contribution in [1.29, 1.82) is 0 Å². The fraction of sp³-hybridized carbons (Fsp3) is 0.429. The molecule has 0 radical (unpaired) electrons. The third-order valence-electron chi connectivity index (χ3n) is 5.31. The maximum Gasteiger partial charge on any atom is 0.339 e. The molecule has 0 aliphatic heterocycles. The van der Waals surface area contributed by atoms with Crippen molar-refractivity contribution in [2.24, 2.45) is 0 Å². The SMILES string of the molecule is COC(=O)c1ccc(Nc2ccc3c(c2)C(C)(C)CCC3(C)C)nc1. The van der Waals surface area contributed by atoms with Crippen LogP contribution in [0.1, 0.15) is 62.0 Å². The maximum absolute atomic E-state index is 11.5. The molecule has 4 nitrogen and oxygen atoms in total. The summed E-state index contributed by atoms with van der Waals surface area (Å²) in [7, 11) is 1.37. The van der Waals surface area contributed by atoms with Crippen LogP contribution in [0.4, 0.5) is 11.5 Å². The standard InChI is InChI=1S/C21H26N2O2/c1-20(2)10-11-21(3,4)17-12-15(7-8-16(17)20)23-18-9-6-14(13-22-18)19(24)25-5/h6-9,12-13H,10-11H2,1-5H3,(H,22,23). The highest BCUT2D eigenvalue weighted by Gasteiger charge is 2.36. The largest absolute Gasteiger partial charge is 0.465 e. The maximum atomic E-state index is 11.5. The lowest BCUT2D eigenvalue weighted by Crippen LogP contribution is -2.33. The number of benzene rings is 1. The zero-order valence-corrected chi connectivity index (χ0v) is 15.6. The Balaban J connectivity index is 1.88. The Bertz CT molecular complexity index is 792. The van der Waals surface area contributed by atoms with Gasteiger partial charge in [-0.05, 0) is 59.1 Å². The molecule has 0 unspecified atom stereocenters. The van der Waals surface area contributed by atoms with E-state index >= 15 is 0 Å². The summed E-state index contributed by atoms with van der Waals surface area (Å²) in [6.07, 6.45) is 3.92. The van der Waals surface area contributed by atoms with Crippen molar-refractivity contribution in [3.05, 3.63) is 53.2 Å². The Morgan fingerprint density at radius 1 is 1.04 bits per heavy atom. The van der Waals surface area contributed by atoms with Gasteiger partial charge in [-0.1, -0.05) is 33.8 Å². The molecule has 0 bridgehead atoms. The topological polar surface area (TPSA) is 51.2 Å². The summed E-state index contributed by atoms with van der Waals surface area (Å²) in [4.78, 5) is 15.8. The highest BCUT2D eigenvalue weighted by molar-refractivity contribution is 5.89. The zero-order valence-electron chi connectivity index (χ0n) is 15.6. The van der Waals surface area contributed by atoms with E-state index in [0.717, 1.165) is 5.69 Å². The molecule has 4 heteroatoms. The van der Waals surface area contributed by atoms with E-state index in [1.807, 2.05) is 0 Å². The van der Waals surface area contributed by atoms with Crippen LogP contribution in [0.3, 0.4) is 0 Å². The molecule has 132 valence electrons. The molecule has 0 atom stereocenters. The van der Waals surface area contributed by atoms with Gasteiger partial charge in [-0.25, -0.2) is 9.78 Å². The first-order chi connectivity index (χ1) is 11.7. The van der Waals surface area contributed by atoms with Crippen molar-refractivity contribution < 1.29 is 9.53 Å². The van der Waals surface area contributed by atoms with Crippen LogP contribution in [-0.2, 0) is 15.6 Å². The average Bonchev–Trinajstić information content (AvgIpc) is 2.59. The number of ether oxygens (including phenoxy) is 1. The van der Waals surface area contributed by atoms with E-state index in [-0.39, 0.29) is 16.8 Å². The van der Waals surface area contributed by atoms with E-state index < -0.39 is 0 Å². The van der Waals surface area contributed by atoms with Gasteiger partial charge in [0.05, 0.1) is 12.7 Å². The Hall–Kier alpha value is -2.36. The normalized spacial score (nSPS) is 17.5. The number of nitrogens with one attached hydrogen (secondary N) is 1. The van der Waals surface area contributed by atoms with E-state index in [9.17, 15) is 4.79 Å². The number of fused-ring (bicyclic) bond motifs is 1. The van der Waals surface area contributed by atoms with Gasteiger partial charge in [0.15, 0.2) is 0 Å². The Kier molecular flexibility index (Phi) is 4.31. The molecule has 0 fully saturated rings. The van der Waals surface area contributed by atoms with Gasteiger partial charge in [0.1, 0.15) is 5.82 Å². The fourth-order valence-electron chi connectivity index (χ4n) is 3.52. The van der Waals surface area contributed by atoms with Crippen molar-refractivity contribution in [2.45, 2.75) is 51.4 Å². The quantitative estimate of drug-likeness (QED) is 0.804. The van der Waals surface area contributed by atoms with Crippen LogP contribution in [-0.4, -0.2) is 18.1 Å². The van der Waals surface area contributed by atoms with E-state index in [2.05, 4.69) is 56.2 Å². The third kappa shape index (κ3) is 3.39. The number of methoxy groups -OCH3 is 1. The summed E-state index contributed by atoms with van der Waals surface area (Å²) >= 11 is 0. The van der Waals surface area contributed by atoms with Crippen LogP contribution in [0.25, 0.3) is 0 Å². The predicted octanol–water partition coefficient (Wildman–Crippen LogP) is 4.96. The highest BCUT2D eigenvalue weighted by Crippen LogP contribution is 2.46. The van der Waals surface area contributed by atoms with Crippen LogP contribution >= 0.6 is 0 Å². The summed E-state index contributed by atoms with van der Waals surface area (Å²) in [5, 5.41) is 3.34. The minimum atomic E-state index is -0.378. The van der Waals surface area contributed by atoms with E-state index in [4.69, 9.17) is 4.74 Å². The number of carbonyl (C=O) groups is 1. The van der Waals surface area contributed by atoms with Crippen molar-refractivity contribution in [2.75, 3.05) is 12.4 Å². The highest BCUT2D eigenvalue weighted by atomic mass is 16.5. The Morgan fingerprint density at radius 3 is 2.32 bits per heavy atom. The van der Waals surface area contributed by atoms with Crippen molar-refractivity contribution >= 4 is 17.5 Å². The number of hydrogen-bond donors (Lipinski definition) is 1. The van der Waals surface area contributed by atoms with E-state index in [0.29, 0.717) is 11.4 Å². The Labute approximate surface area is 149 Å². The Morgan fingerprint density at radius 2 is 1.72 bits per heavy atom. The number of pyridine rings is 1. The van der Waals surface area contributed by atoms with Crippen LogP contribution in [0, 0.1) is 0 Å². The molecule has 1 heterocycles. The number of carbonyl (C=O) groups excluding carboxylic acids is 1. The van der Waals surface area contributed by atoms with E-state index in [1.54, 1.807) is 12.1 Å². The van der Waals surface area contributed by atoms with E-state index in [1.165, 1.54) is 37.3 Å². The minimum Gasteiger partial charge on any atom is -0.465 e. The molecule has 1 aromatic heterocycles. The van der Waals surface area contributed by atoms with Crippen LogP contribution < -0.4 is 5.32 Å². The second-order valence-corrected chi connectivity index (χ2v) is 8.08. The molecule has 2 aromatic rings. The molecule has 1 N–H and O–H groups in total. The van der Waals surface area contributed by atoms with Gasteiger partial charge in [0.2, 0.25) is 0 Å². The number of nitrogens with zero attached hydrogens (tertiary/aromatic N) is 1. The second kappa shape index (κ2) is 6.17. The van der Waals surface area contributed by atoms with Gasteiger partial charge >= 0.3 is 5.97 Å². The van der Waals surface area contributed by atoms with Gasteiger partial charge in [-0.15, -0.1) is 0 Å². The van der Waals surface area contributed by atoms with Gasteiger partial charge in [0, 0.05) is 11.9 Å². The molecule has 3 rings (SSSR count). The molecular weight excluding hydrogens is 312 g/mol. The zero-order chi connectivity index (χ0) is 18.2. The summed E-state index contributed by atoms with van der Waals surface area (Å²) in [6, 6.07) is 10.1. The van der Waals surface area contributed by atoms with Crippen LogP contribution in [0.15, 0.2) is 36.5 Å². The number of aromatic nitrogens is 1. The summed E-state index contributed by atoms with van der Waals surface area (Å²) in [5.74, 6) is 0.331. The first kappa shape index (κ1) is 17.5. The summed E-state index contributed by atoms with van der Waals surface area (Å²) < 4.78 is 4.70. The first-order valence-electron chi connectivity index (χ1n) is 8.69. The lowest BCUT2D eigenvalue weighted by atomic mass is 9.63. The number of rotatable bonds is 3. The van der Waals surface area contributed by atoms with Crippen molar-refractivity contribution in [3.8, 4) is 0 Å². The second-order valence-electron chi connectivity index (χ2n) is 8.08. The molecular formula is C21H26N2O2. The van der Waals surface area contributed by atoms with Crippen molar-refractivity contribution in [1.82, 2.24) is 4.98 Å². The lowest BCUT2D eigenvalue weighted by molar-refractivity contribution is 0.0600. The fourth-order valence-corrected chi connectivity index (χ4v) is 3.52.